The van der Waals surface area contributed by atoms with Crippen LogP contribution in [0.5, 0.6) is 0 Å². The maximum atomic E-state index is 13.3. The molecule has 1 amide bonds. The number of anilines is 1. The van der Waals surface area contributed by atoms with E-state index in [4.69, 9.17) is 0 Å². The molecule has 0 saturated carbocycles. The molecule has 6 nitrogen and oxygen atoms in total. The van der Waals surface area contributed by atoms with E-state index in [9.17, 15) is 4.79 Å². The van der Waals surface area contributed by atoms with Crippen molar-refractivity contribution in [3.8, 4) is 5.69 Å². The van der Waals surface area contributed by atoms with Gasteiger partial charge in [0.2, 0.25) is 11.9 Å². The van der Waals surface area contributed by atoms with Crippen molar-refractivity contribution in [3.05, 3.63) is 29.8 Å². The van der Waals surface area contributed by atoms with Crippen LogP contribution in [0.3, 0.4) is 0 Å². The van der Waals surface area contributed by atoms with Gasteiger partial charge in [-0.1, -0.05) is 36.4 Å². The van der Waals surface area contributed by atoms with Crippen LogP contribution in [0, 0.1) is 6.92 Å². The van der Waals surface area contributed by atoms with Gasteiger partial charge in [-0.05, 0) is 64.5 Å². The first-order chi connectivity index (χ1) is 14.6. The van der Waals surface area contributed by atoms with E-state index in [2.05, 4.69) is 62.7 Å². The molecule has 7 heteroatoms. The summed E-state index contributed by atoms with van der Waals surface area (Å²) in [5, 5.41) is 9.69. The number of aryl methyl sites for hydroxylation is 1. The SMILES string of the molecule is CCC1CCCCN1C(=O)C(C)Sc1nnc(N2CCCC2)n1-c1ccc(C)cc1. The molecule has 1 aromatic heterocycles. The van der Waals surface area contributed by atoms with Gasteiger partial charge < -0.3 is 9.80 Å². The molecule has 3 heterocycles. The largest absolute Gasteiger partial charge is 0.341 e. The lowest BCUT2D eigenvalue weighted by atomic mass is 10.00. The van der Waals surface area contributed by atoms with E-state index in [1.165, 1.54) is 36.6 Å². The highest BCUT2D eigenvalue weighted by Crippen LogP contribution is 2.32. The third kappa shape index (κ3) is 4.36. The van der Waals surface area contributed by atoms with Crippen LogP contribution >= 0.6 is 11.8 Å². The number of benzene rings is 1. The fourth-order valence-corrected chi connectivity index (χ4v) is 5.47. The zero-order valence-electron chi connectivity index (χ0n) is 18.4. The molecule has 2 fully saturated rings. The highest BCUT2D eigenvalue weighted by Gasteiger charge is 2.31. The normalized spacial score (nSPS) is 20.6. The van der Waals surface area contributed by atoms with Gasteiger partial charge in [0.1, 0.15) is 0 Å². The fraction of sp³-hybridized carbons (Fsp3) is 0.609. The minimum atomic E-state index is -0.183. The molecule has 0 bridgehead atoms. The maximum absolute atomic E-state index is 13.3. The van der Waals surface area contributed by atoms with Crippen LogP contribution in [0.15, 0.2) is 29.4 Å². The molecule has 0 aliphatic carbocycles. The second-order valence-corrected chi connectivity index (χ2v) is 9.81. The van der Waals surface area contributed by atoms with Crippen LogP contribution in [0.4, 0.5) is 5.95 Å². The Bertz CT molecular complexity index is 859. The summed E-state index contributed by atoms with van der Waals surface area (Å²) in [4.78, 5) is 17.7. The molecule has 0 N–H and O–H groups in total. The molecule has 4 rings (SSSR count). The Morgan fingerprint density at radius 1 is 1.10 bits per heavy atom. The average Bonchev–Trinajstić information content (AvgIpc) is 3.44. The summed E-state index contributed by atoms with van der Waals surface area (Å²) in [6, 6.07) is 8.85. The van der Waals surface area contributed by atoms with Gasteiger partial charge in [0, 0.05) is 25.7 Å². The van der Waals surface area contributed by atoms with Crippen molar-refractivity contribution < 1.29 is 4.79 Å². The summed E-state index contributed by atoms with van der Waals surface area (Å²) in [5.74, 6) is 1.12. The Labute approximate surface area is 184 Å². The van der Waals surface area contributed by atoms with Crippen LogP contribution in [0.1, 0.15) is 57.9 Å². The topological polar surface area (TPSA) is 54.3 Å². The Morgan fingerprint density at radius 2 is 1.80 bits per heavy atom. The zero-order chi connectivity index (χ0) is 21.1. The van der Waals surface area contributed by atoms with E-state index in [0.717, 1.165) is 55.7 Å². The summed E-state index contributed by atoms with van der Waals surface area (Å²) in [6.07, 6.45) is 6.86. The standard InChI is InChI=1S/C23H33N5OS/c1-4-19-9-5-6-16-27(19)21(29)18(3)30-23-25-24-22(26-14-7-8-15-26)28(23)20-12-10-17(2)11-13-20/h10-13,18-19H,4-9,14-16H2,1-3H3. The van der Waals surface area contributed by atoms with Gasteiger partial charge in [0.15, 0.2) is 5.16 Å². The van der Waals surface area contributed by atoms with Crippen molar-refractivity contribution >= 4 is 23.6 Å². The summed E-state index contributed by atoms with van der Waals surface area (Å²) in [7, 11) is 0. The second-order valence-electron chi connectivity index (χ2n) is 8.50. The fourth-order valence-electron chi connectivity index (χ4n) is 4.54. The number of carbonyl (C=O) groups excluding carboxylic acids is 1. The number of nitrogens with zero attached hydrogens (tertiary/aromatic N) is 5. The highest BCUT2D eigenvalue weighted by molar-refractivity contribution is 8.00. The van der Waals surface area contributed by atoms with Gasteiger partial charge in [-0.2, -0.15) is 0 Å². The minimum Gasteiger partial charge on any atom is -0.341 e. The zero-order valence-corrected chi connectivity index (χ0v) is 19.2. The number of likely N-dealkylation sites (tertiary alicyclic amines) is 1. The number of aromatic nitrogens is 3. The van der Waals surface area contributed by atoms with Gasteiger partial charge in [0.05, 0.1) is 10.9 Å². The number of piperidine rings is 1. The summed E-state index contributed by atoms with van der Waals surface area (Å²) < 4.78 is 2.13. The predicted octanol–water partition coefficient (Wildman–Crippen LogP) is 4.45. The van der Waals surface area contributed by atoms with Gasteiger partial charge >= 0.3 is 0 Å². The minimum absolute atomic E-state index is 0.183. The molecule has 2 atom stereocenters. The van der Waals surface area contributed by atoms with Crippen molar-refractivity contribution in [3.63, 3.8) is 0 Å². The van der Waals surface area contributed by atoms with E-state index in [1.54, 1.807) is 0 Å². The molecule has 30 heavy (non-hydrogen) atoms. The number of amides is 1. The average molecular weight is 428 g/mol. The van der Waals surface area contributed by atoms with E-state index in [0.29, 0.717) is 6.04 Å². The summed E-state index contributed by atoms with van der Waals surface area (Å²) in [6.45, 7) is 9.19. The van der Waals surface area contributed by atoms with Gasteiger partial charge in [0.25, 0.3) is 0 Å². The number of thioether (sulfide) groups is 1. The Balaban J connectivity index is 1.60. The van der Waals surface area contributed by atoms with E-state index >= 15 is 0 Å². The van der Waals surface area contributed by atoms with Crippen molar-refractivity contribution in [1.29, 1.82) is 0 Å². The van der Waals surface area contributed by atoms with Gasteiger partial charge in [-0.3, -0.25) is 9.36 Å². The predicted molar refractivity (Wildman–Crippen MR) is 123 cm³/mol. The quantitative estimate of drug-likeness (QED) is 0.638. The summed E-state index contributed by atoms with van der Waals surface area (Å²) in [5.41, 5.74) is 2.28. The van der Waals surface area contributed by atoms with E-state index in [1.807, 2.05) is 6.92 Å². The third-order valence-corrected chi connectivity index (χ3v) is 7.34. The van der Waals surface area contributed by atoms with E-state index < -0.39 is 0 Å². The Morgan fingerprint density at radius 3 is 2.50 bits per heavy atom. The van der Waals surface area contributed by atoms with Crippen molar-refractivity contribution in [2.45, 2.75) is 75.7 Å². The number of carbonyl (C=O) groups is 1. The van der Waals surface area contributed by atoms with Crippen molar-refractivity contribution in [1.82, 2.24) is 19.7 Å². The number of hydrogen-bond donors (Lipinski definition) is 0. The lowest BCUT2D eigenvalue weighted by molar-refractivity contribution is -0.134. The smallest absolute Gasteiger partial charge is 0.236 e. The molecular weight excluding hydrogens is 394 g/mol. The molecule has 2 aliphatic rings. The second kappa shape index (κ2) is 9.41. The lowest BCUT2D eigenvalue weighted by Gasteiger charge is -2.36. The molecule has 0 radical (unpaired) electrons. The van der Waals surface area contributed by atoms with Crippen LogP contribution in [-0.2, 0) is 4.79 Å². The summed E-state index contributed by atoms with van der Waals surface area (Å²) >= 11 is 1.53. The Hall–Kier alpha value is -2.02. The molecule has 162 valence electrons. The molecule has 2 aromatic rings. The van der Waals surface area contributed by atoms with Crippen LogP contribution in [0.2, 0.25) is 0 Å². The van der Waals surface area contributed by atoms with Gasteiger partial charge in [-0.15, -0.1) is 10.2 Å². The molecule has 2 saturated heterocycles. The highest BCUT2D eigenvalue weighted by atomic mass is 32.2. The van der Waals surface area contributed by atoms with Crippen molar-refractivity contribution in [2.24, 2.45) is 0 Å². The molecule has 2 unspecified atom stereocenters. The number of rotatable bonds is 6. The first kappa shape index (κ1) is 21.2. The van der Waals surface area contributed by atoms with E-state index in [-0.39, 0.29) is 11.2 Å². The molecule has 0 spiro atoms. The van der Waals surface area contributed by atoms with Crippen LogP contribution in [-0.4, -0.2) is 56.5 Å². The lowest BCUT2D eigenvalue weighted by Crippen LogP contribution is -2.46. The molecule has 1 aromatic carbocycles. The van der Waals surface area contributed by atoms with Crippen LogP contribution < -0.4 is 4.90 Å². The van der Waals surface area contributed by atoms with Gasteiger partial charge in [-0.25, -0.2) is 0 Å². The monoisotopic (exact) mass is 427 g/mol. The molecule has 2 aliphatic heterocycles. The number of hydrogen-bond acceptors (Lipinski definition) is 5. The van der Waals surface area contributed by atoms with Crippen LogP contribution in [0.25, 0.3) is 5.69 Å². The van der Waals surface area contributed by atoms with Crippen molar-refractivity contribution in [2.75, 3.05) is 24.5 Å². The Kier molecular flexibility index (Phi) is 6.66. The molecular formula is C23H33N5OS. The first-order valence-corrected chi connectivity index (χ1v) is 12.2. The maximum Gasteiger partial charge on any atom is 0.236 e. The first-order valence-electron chi connectivity index (χ1n) is 11.3. The third-order valence-electron chi connectivity index (χ3n) is 6.31.